The molecule has 5 nitrogen and oxygen atoms in total. The number of benzene rings is 2. The third-order valence-electron chi connectivity index (χ3n) is 4.56. The van der Waals surface area contributed by atoms with Crippen molar-refractivity contribution in [2.24, 2.45) is 5.10 Å². The number of nitrogens with zero attached hydrogens (tertiary/aromatic N) is 2. The summed E-state index contributed by atoms with van der Waals surface area (Å²) in [6.07, 6.45) is 1.86. The largest absolute Gasteiger partial charge is 0.497 e. The van der Waals surface area contributed by atoms with E-state index in [1.807, 2.05) is 60.9 Å². The van der Waals surface area contributed by atoms with Crippen LogP contribution in [0.5, 0.6) is 5.75 Å². The van der Waals surface area contributed by atoms with Crippen LogP contribution in [0.3, 0.4) is 0 Å². The number of hydrogen-bond donors (Lipinski definition) is 1. The molecule has 0 bridgehead atoms. The lowest BCUT2D eigenvalue weighted by molar-refractivity contribution is -0.120. The SMILES string of the molecule is COc1ccc(CC(=O)N/N=C\c2cc(C)n(-c3cccc(Cl)c3Cl)c2C)cc1. The van der Waals surface area contributed by atoms with Crippen molar-refractivity contribution >= 4 is 35.3 Å². The Morgan fingerprint density at radius 1 is 1.17 bits per heavy atom. The van der Waals surface area contributed by atoms with Crippen LogP contribution in [0.4, 0.5) is 0 Å². The van der Waals surface area contributed by atoms with Gasteiger partial charge in [-0.25, -0.2) is 5.43 Å². The van der Waals surface area contributed by atoms with Gasteiger partial charge in [0, 0.05) is 17.0 Å². The Morgan fingerprint density at radius 3 is 2.59 bits per heavy atom. The maximum absolute atomic E-state index is 12.1. The van der Waals surface area contributed by atoms with E-state index in [0.717, 1.165) is 34.0 Å². The minimum atomic E-state index is -0.196. The van der Waals surface area contributed by atoms with Crippen molar-refractivity contribution in [1.82, 2.24) is 9.99 Å². The predicted octanol–water partition coefficient (Wildman–Crippen LogP) is 5.10. The Kier molecular flexibility index (Phi) is 6.62. The average Bonchev–Trinajstić information content (AvgIpc) is 2.98. The van der Waals surface area contributed by atoms with Crippen LogP contribution in [-0.2, 0) is 11.2 Å². The number of aryl methyl sites for hydroxylation is 1. The Balaban J connectivity index is 1.71. The molecule has 3 aromatic rings. The summed E-state index contributed by atoms with van der Waals surface area (Å²) in [6.45, 7) is 3.94. The highest BCUT2D eigenvalue weighted by molar-refractivity contribution is 6.43. The van der Waals surface area contributed by atoms with E-state index in [2.05, 4.69) is 10.5 Å². The van der Waals surface area contributed by atoms with Crippen molar-refractivity contribution in [2.45, 2.75) is 20.3 Å². The van der Waals surface area contributed by atoms with Crippen LogP contribution in [0.1, 0.15) is 22.5 Å². The number of carbonyl (C=O) groups excluding carboxylic acids is 1. The van der Waals surface area contributed by atoms with Crippen LogP contribution < -0.4 is 10.2 Å². The van der Waals surface area contributed by atoms with Gasteiger partial charge < -0.3 is 9.30 Å². The number of carbonyl (C=O) groups is 1. The van der Waals surface area contributed by atoms with Gasteiger partial charge in [0.2, 0.25) is 5.91 Å². The number of halogens is 2. The molecule has 0 saturated heterocycles. The molecule has 0 radical (unpaired) electrons. The smallest absolute Gasteiger partial charge is 0.244 e. The molecule has 2 aromatic carbocycles. The number of nitrogens with one attached hydrogen (secondary N) is 1. The summed E-state index contributed by atoms with van der Waals surface area (Å²) in [5.41, 5.74) is 7.06. The molecule has 0 fully saturated rings. The number of methoxy groups -OCH3 is 1. The number of rotatable bonds is 6. The first-order valence-corrected chi connectivity index (χ1v) is 9.74. The molecule has 0 atom stereocenters. The first kappa shape index (κ1) is 21.0. The second-order valence-corrected chi connectivity index (χ2v) is 7.34. The van der Waals surface area contributed by atoms with Crippen molar-refractivity contribution in [2.75, 3.05) is 7.11 Å². The predicted molar refractivity (Wildman–Crippen MR) is 118 cm³/mol. The van der Waals surface area contributed by atoms with Crippen LogP contribution in [0.25, 0.3) is 5.69 Å². The van der Waals surface area contributed by atoms with Gasteiger partial charge >= 0.3 is 0 Å². The molecule has 1 amide bonds. The summed E-state index contributed by atoms with van der Waals surface area (Å²) in [5.74, 6) is 0.556. The van der Waals surface area contributed by atoms with E-state index in [-0.39, 0.29) is 12.3 Å². The highest BCUT2D eigenvalue weighted by Crippen LogP contribution is 2.31. The van der Waals surface area contributed by atoms with Crippen molar-refractivity contribution in [3.05, 3.63) is 81.1 Å². The van der Waals surface area contributed by atoms with E-state index in [0.29, 0.717) is 10.0 Å². The van der Waals surface area contributed by atoms with Gasteiger partial charge in [0.15, 0.2) is 0 Å². The molecule has 3 rings (SSSR count). The van der Waals surface area contributed by atoms with Gasteiger partial charge in [-0.1, -0.05) is 41.4 Å². The van der Waals surface area contributed by atoms with Crippen molar-refractivity contribution < 1.29 is 9.53 Å². The Labute approximate surface area is 179 Å². The van der Waals surface area contributed by atoms with Crippen LogP contribution >= 0.6 is 23.2 Å². The Bertz CT molecular complexity index is 1060. The topological polar surface area (TPSA) is 55.6 Å². The molecule has 1 aromatic heterocycles. The van der Waals surface area contributed by atoms with Gasteiger partial charge in [-0.3, -0.25) is 4.79 Å². The first-order valence-electron chi connectivity index (χ1n) is 8.99. The molecule has 150 valence electrons. The molecule has 0 aliphatic rings. The van der Waals surface area contributed by atoms with Crippen molar-refractivity contribution in [3.8, 4) is 11.4 Å². The van der Waals surface area contributed by atoms with E-state index < -0.39 is 0 Å². The highest BCUT2D eigenvalue weighted by atomic mass is 35.5. The molecule has 29 heavy (non-hydrogen) atoms. The fourth-order valence-electron chi connectivity index (χ4n) is 3.10. The van der Waals surface area contributed by atoms with E-state index in [1.54, 1.807) is 19.4 Å². The van der Waals surface area contributed by atoms with Crippen LogP contribution in [0.2, 0.25) is 10.0 Å². The highest BCUT2D eigenvalue weighted by Gasteiger charge is 2.13. The Morgan fingerprint density at radius 2 is 1.90 bits per heavy atom. The summed E-state index contributed by atoms with van der Waals surface area (Å²) < 4.78 is 7.12. The molecular formula is C22H21Cl2N3O2. The third kappa shape index (κ3) is 4.81. The molecular weight excluding hydrogens is 409 g/mol. The van der Waals surface area contributed by atoms with Gasteiger partial charge in [0.25, 0.3) is 0 Å². The molecule has 0 aliphatic heterocycles. The Hall–Kier alpha value is -2.76. The lowest BCUT2D eigenvalue weighted by Gasteiger charge is -2.12. The quantitative estimate of drug-likeness (QED) is 0.437. The fourth-order valence-corrected chi connectivity index (χ4v) is 3.48. The normalized spacial score (nSPS) is 11.1. The zero-order valence-electron chi connectivity index (χ0n) is 16.4. The van der Waals surface area contributed by atoms with Crippen molar-refractivity contribution in [1.29, 1.82) is 0 Å². The van der Waals surface area contributed by atoms with E-state index >= 15 is 0 Å². The minimum absolute atomic E-state index is 0.196. The van der Waals surface area contributed by atoms with Gasteiger partial charge in [0.05, 0.1) is 35.5 Å². The maximum atomic E-state index is 12.1. The number of hydrazone groups is 1. The van der Waals surface area contributed by atoms with Crippen LogP contribution in [0.15, 0.2) is 53.6 Å². The zero-order valence-corrected chi connectivity index (χ0v) is 17.9. The molecule has 0 saturated carbocycles. The molecule has 0 aliphatic carbocycles. The lowest BCUT2D eigenvalue weighted by Crippen LogP contribution is -2.19. The number of aromatic nitrogens is 1. The molecule has 0 unspecified atom stereocenters. The summed E-state index contributed by atoms with van der Waals surface area (Å²) in [6, 6.07) is 14.8. The first-order chi connectivity index (χ1) is 13.9. The second kappa shape index (κ2) is 9.16. The minimum Gasteiger partial charge on any atom is -0.497 e. The van der Waals surface area contributed by atoms with Crippen LogP contribution in [-0.4, -0.2) is 23.8 Å². The lowest BCUT2D eigenvalue weighted by atomic mass is 10.1. The average molecular weight is 430 g/mol. The molecule has 1 N–H and O–H groups in total. The summed E-state index contributed by atoms with van der Waals surface area (Å²) in [7, 11) is 1.60. The summed E-state index contributed by atoms with van der Waals surface area (Å²) in [4.78, 5) is 12.1. The monoisotopic (exact) mass is 429 g/mol. The van der Waals surface area contributed by atoms with Gasteiger partial charge in [-0.05, 0) is 49.7 Å². The van der Waals surface area contributed by atoms with E-state index in [4.69, 9.17) is 27.9 Å². The molecule has 7 heteroatoms. The molecule has 1 heterocycles. The summed E-state index contributed by atoms with van der Waals surface area (Å²) >= 11 is 12.5. The van der Waals surface area contributed by atoms with Crippen molar-refractivity contribution in [3.63, 3.8) is 0 Å². The fraction of sp³-hybridized carbons (Fsp3) is 0.182. The zero-order chi connectivity index (χ0) is 21.0. The summed E-state index contributed by atoms with van der Waals surface area (Å²) in [5, 5.41) is 5.09. The number of hydrogen-bond acceptors (Lipinski definition) is 3. The molecule has 0 spiro atoms. The standard InChI is InChI=1S/C22H21Cl2N3O2/c1-14-11-17(15(2)27(14)20-6-4-5-19(23)22(20)24)13-25-26-21(28)12-16-7-9-18(29-3)10-8-16/h4-11,13H,12H2,1-3H3,(H,26,28)/b25-13-. The number of amides is 1. The van der Waals surface area contributed by atoms with Gasteiger partial charge in [0.1, 0.15) is 5.75 Å². The van der Waals surface area contributed by atoms with E-state index in [9.17, 15) is 4.79 Å². The van der Waals surface area contributed by atoms with Gasteiger partial charge in [-0.15, -0.1) is 0 Å². The van der Waals surface area contributed by atoms with Crippen LogP contribution in [0, 0.1) is 13.8 Å². The van der Waals surface area contributed by atoms with Gasteiger partial charge in [-0.2, -0.15) is 5.10 Å². The van der Waals surface area contributed by atoms with E-state index in [1.165, 1.54) is 0 Å². The number of ether oxygens (including phenoxy) is 1. The maximum Gasteiger partial charge on any atom is 0.244 e. The third-order valence-corrected chi connectivity index (χ3v) is 5.37. The second-order valence-electron chi connectivity index (χ2n) is 6.55.